The van der Waals surface area contributed by atoms with E-state index in [2.05, 4.69) is 20.7 Å². The largest absolute Gasteiger partial charge is 0.396 e. The van der Waals surface area contributed by atoms with E-state index in [1.165, 1.54) is 12.8 Å². The van der Waals surface area contributed by atoms with Crippen LogP contribution in [0.3, 0.4) is 0 Å². The molecule has 0 atom stereocenters. The Kier molecular flexibility index (Phi) is 3.21. The molecule has 0 saturated heterocycles. The van der Waals surface area contributed by atoms with Crippen molar-refractivity contribution in [3.63, 3.8) is 0 Å². The molecule has 0 aromatic carbocycles. The number of nitrogens with zero attached hydrogens (tertiary/aromatic N) is 2. The molecule has 1 aliphatic carbocycles. The van der Waals surface area contributed by atoms with Crippen molar-refractivity contribution in [3.8, 4) is 0 Å². The third-order valence-electron chi connectivity index (χ3n) is 3.03. The summed E-state index contributed by atoms with van der Waals surface area (Å²) in [6.45, 7) is 1.08. The Balaban J connectivity index is 1.89. The van der Waals surface area contributed by atoms with Crippen LogP contribution in [0.15, 0.2) is 12.4 Å². The van der Waals surface area contributed by atoms with E-state index in [-0.39, 0.29) is 12.0 Å². The first-order valence-electron chi connectivity index (χ1n) is 5.41. The van der Waals surface area contributed by atoms with Crippen LogP contribution >= 0.6 is 0 Å². The molecule has 0 spiro atoms. The average Bonchev–Trinajstić information content (AvgIpc) is 3.08. The summed E-state index contributed by atoms with van der Waals surface area (Å²) in [5.74, 6) is 6.49. The fourth-order valence-corrected chi connectivity index (χ4v) is 1.73. The summed E-state index contributed by atoms with van der Waals surface area (Å²) in [6, 6.07) is 0. The highest BCUT2D eigenvalue weighted by Gasteiger charge is 2.41. The van der Waals surface area contributed by atoms with Crippen molar-refractivity contribution in [2.24, 2.45) is 11.3 Å². The molecule has 0 radical (unpaired) electrons. The van der Waals surface area contributed by atoms with E-state index in [4.69, 9.17) is 10.9 Å². The molecule has 1 saturated carbocycles. The fraction of sp³-hybridized carbons (Fsp3) is 0.600. The zero-order valence-electron chi connectivity index (χ0n) is 9.11. The molecular weight excluding hydrogens is 206 g/mol. The third kappa shape index (κ3) is 2.59. The minimum atomic E-state index is 0.248. The van der Waals surface area contributed by atoms with E-state index in [1.807, 2.05) is 0 Å². The van der Waals surface area contributed by atoms with E-state index in [0.717, 1.165) is 13.0 Å². The van der Waals surface area contributed by atoms with Crippen LogP contribution in [0.25, 0.3) is 0 Å². The monoisotopic (exact) mass is 223 g/mol. The fourth-order valence-electron chi connectivity index (χ4n) is 1.73. The van der Waals surface area contributed by atoms with Crippen molar-refractivity contribution in [2.45, 2.75) is 19.3 Å². The summed E-state index contributed by atoms with van der Waals surface area (Å²) in [5.41, 5.74) is 2.72. The van der Waals surface area contributed by atoms with Gasteiger partial charge in [-0.15, -0.1) is 0 Å². The molecule has 6 nitrogen and oxygen atoms in total. The van der Waals surface area contributed by atoms with Gasteiger partial charge in [-0.1, -0.05) is 0 Å². The molecule has 0 bridgehead atoms. The summed E-state index contributed by atoms with van der Waals surface area (Å²) < 4.78 is 0. The summed E-state index contributed by atoms with van der Waals surface area (Å²) in [4.78, 5) is 8.22. The highest BCUT2D eigenvalue weighted by molar-refractivity contribution is 5.40. The zero-order chi connectivity index (χ0) is 11.4. The van der Waals surface area contributed by atoms with Gasteiger partial charge in [0.1, 0.15) is 5.82 Å². The van der Waals surface area contributed by atoms with Crippen molar-refractivity contribution >= 4 is 11.6 Å². The molecule has 1 fully saturated rings. The van der Waals surface area contributed by atoms with Crippen LogP contribution in [0.2, 0.25) is 0 Å². The van der Waals surface area contributed by atoms with E-state index < -0.39 is 0 Å². The predicted octanol–water partition coefficient (Wildman–Crippen LogP) is 0.337. The number of nitrogens with two attached hydrogens (primary N) is 1. The number of aliphatic hydroxyl groups excluding tert-OH is 1. The third-order valence-corrected chi connectivity index (χ3v) is 3.03. The lowest BCUT2D eigenvalue weighted by molar-refractivity contribution is 0.253. The van der Waals surface area contributed by atoms with E-state index >= 15 is 0 Å². The first-order valence-corrected chi connectivity index (χ1v) is 5.41. The first-order chi connectivity index (χ1) is 7.78. The van der Waals surface area contributed by atoms with Crippen LogP contribution in [0.1, 0.15) is 19.3 Å². The van der Waals surface area contributed by atoms with Gasteiger partial charge in [0, 0.05) is 13.2 Å². The highest BCUT2D eigenvalue weighted by atomic mass is 16.3. The first kappa shape index (κ1) is 11.1. The van der Waals surface area contributed by atoms with Gasteiger partial charge >= 0.3 is 0 Å². The number of nitrogen functional groups attached to an aromatic ring is 1. The molecule has 0 aliphatic heterocycles. The molecule has 16 heavy (non-hydrogen) atoms. The van der Waals surface area contributed by atoms with E-state index in [9.17, 15) is 0 Å². The van der Waals surface area contributed by atoms with Gasteiger partial charge in [0.05, 0.1) is 12.4 Å². The summed E-state index contributed by atoms with van der Waals surface area (Å²) in [7, 11) is 0. The molecule has 1 aromatic heterocycles. The number of aromatic nitrogens is 2. The number of rotatable bonds is 6. The Labute approximate surface area is 94.3 Å². The van der Waals surface area contributed by atoms with Crippen LogP contribution in [0, 0.1) is 5.41 Å². The van der Waals surface area contributed by atoms with Gasteiger partial charge in [-0.25, -0.2) is 10.8 Å². The van der Waals surface area contributed by atoms with Gasteiger partial charge < -0.3 is 15.8 Å². The normalized spacial score (nSPS) is 16.9. The molecule has 6 heteroatoms. The maximum atomic E-state index is 8.94. The number of aliphatic hydroxyl groups is 1. The van der Waals surface area contributed by atoms with Crippen LogP contribution in [-0.2, 0) is 0 Å². The van der Waals surface area contributed by atoms with Crippen molar-refractivity contribution in [3.05, 3.63) is 12.4 Å². The summed E-state index contributed by atoms with van der Waals surface area (Å²) in [5, 5.41) is 12.2. The Morgan fingerprint density at radius 1 is 1.38 bits per heavy atom. The molecule has 2 rings (SSSR count). The lowest BCUT2D eigenvalue weighted by atomic mass is 10.0. The smallest absolute Gasteiger partial charge is 0.160 e. The summed E-state index contributed by atoms with van der Waals surface area (Å²) >= 11 is 0. The standard InChI is InChI=1S/C10H17N5O/c11-15-9-6-12-5-8(14-9)13-7-10(1-2-10)3-4-16/h5-6,16H,1-4,7,11H2,(H2,13,14,15). The number of hydrogen-bond donors (Lipinski definition) is 4. The lowest BCUT2D eigenvalue weighted by Gasteiger charge is -2.14. The Hall–Kier alpha value is -1.40. The second kappa shape index (κ2) is 4.63. The van der Waals surface area contributed by atoms with Gasteiger partial charge in [-0.3, -0.25) is 4.98 Å². The van der Waals surface area contributed by atoms with Gasteiger partial charge in [-0.05, 0) is 24.7 Å². The minimum Gasteiger partial charge on any atom is -0.396 e. The maximum Gasteiger partial charge on any atom is 0.160 e. The topological polar surface area (TPSA) is 96.1 Å². The zero-order valence-corrected chi connectivity index (χ0v) is 9.11. The molecule has 0 unspecified atom stereocenters. The van der Waals surface area contributed by atoms with Gasteiger partial charge in [0.2, 0.25) is 0 Å². The quantitative estimate of drug-likeness (QED) is 0.410. The number of hydrogen-bond acceptors (Lipinski definition) is 6. The average molecular weight is 223 g/mol. The lowest BCUT2D eigenvalue weighted by Crippen LogP contribution is -2.18. The van der Waals surface area contributed by atoms with Crippen molar-refractivity contribution in [1.82, 2.24) is 9.97 Å². The Morgan fingerprint density at radius 3 is 2.75 bits per heavy atom. The predicted molar refractivity (Wildman–Crippen MR) is 61.7 cm³/mol. The number of anilines is 2. The molecule has 5 N–H and O–H groups in total. The molecule has 1 aliphatic rings. The maximum absolute atomic E-state index is 8.94. The van der Waals surface area contributed by atoms with Gasteiger partial charge in [0.25, 0.3) is 0 Å². The second-order valence-electron chi connectivity index (χ2n) is 4.26. The second-order valence-corrected chi connectivity index (χ2v) is 4.26. The van der Waals surface area contributed by atoms with Gasteiger partial charge in [-0.2, -0.15) is 0 Å². The molecule has 1 heterocycles. The van der Waals surface area contributed by atoms with Crippen LogP contribution < -0.4 is 16.6 Å². The van der Waals surface area contributed by atoms with Crippen molar-refractivity contribution in [2.75, 3.05) is 23.9 Å². The van der Waals surface area contributed by atoms with Crippen LogP contribution in [0.4, 0.5) is 11.6 Å². The minimum absolute atomic E-state index is 0.248. The van der Waals surface area contributed by atoms with Crippen LogP contribution in [0.5, 0.6) is 0 Å². The molecule has 88 valence electrons. The molecule has 0 amide bonds. The Morgan fingerprint density at radius 2 is 2.12 bits per heavy atom. The van der Waals surface area contributed by atoms with E-state index in [0.29, 0.717) is 11.6 Å². The molecule has 1 aromatic rings. The number of hydrazine groups is 1. The van der Waals surface area contributed by atoms with Gasteiger partial charge in [0.15, 0.2) is 5.82 Å². The van der Waals surface area contributed by atoms with Crippen molar-refractivity contribution < 1.29 is 5.11 Å². The SMILES string of the molecule is NNc1cncc(NCC2(CCO)CC2)n1. The summed E-state index contributed by atoms with van der Waals surface area (Å²) in [6.07, 6.45) is 6.41. The number of nitrogens with one attached hydrogen (secondary N) is 2. The van der Waals surface area contributed by atoms with E-state index in [1.54, 1.807) is 12.4 Å². The molecular formula is C10H17N5O. The Bertz CT molecular complexity index is 353. The van der Waals surface area contributed by atoms with Crippen molar-refractivity contribution in [1.29, 1.82) is 0 Å². The van der Waals surface area contributed by atoms with Crippen LogP contribution in [-0.4, -0.2) is 28.2 Å². The highest BCUT2D eigenvalue weighted by Crippen LogP contribution is 2.48.